The summed E-state index contributed by atoms with van der Waals surface area (Å²) in [5, 5.41) is 19.2. The summed E-state index contributed by atoms with van der Waals surface area (Å²) in [6.07, 6.45) is -0.866. The van der Waals surface area contributed by atoms with Gasteiger partial charge in [0.25, 0.3) is 5.89 Å². The summed E-state index contributed by atoms with van der Waals surface area (Å²) in [7, 11) is 0. The summed E-state index contributed by atoms with van der Waals surface area (Å²) in [4.78, 5) is 2.40. The maximum absolute atomic E-state index is 12.7. The number of rotatable bonds is 6. The zero-order chi connectivity index (χ0) is 23.7. The van der Waals surface area contributed by atoms with E-state index in [-0.39, 0.29) is 5.89 Å². The van der Waals surface area contributed by atoms with Crippen molar-refractivity contribution < 1.29 is 13.2 Å². The van der Waals surface area contributed by atoms with Crippen molar-refractivity contribution in [3.63, 3.8) is 0 Å². The van der Waals surface area contributed by atoms with Crippen LogP contribution in [0, 0.1) is 0 Å². The van der Waals surface area contributed by atoms with Crippen LogP contribution in [-0.4, -0.2) is 50.4 Å². The quantitative estimate of drug-likeness (QED) is 0.458. The molecule has 176 valence electrons. The van der Waals surface area contributed by atoms with Gasteiger partial charge in [0.2, 0.25) is 5.89 Å². The molecule has 2 atom stereocenters. The number of hydrogen-bond donors (Lipinski definition) is 1. The lowest BCUT2D eigenvalue weighted by Crippen LogP contribution is -2.54. The van der Waals surface area contributed by atoms with Gasteiger partial charge in [0.05, 0.1) is 12.7 Å². The van der Waals surface area contributed by atoms with Crippen LogP contribution in [-0.2, 0) is 6.54 Å². The Hall–Kier alpha value is -3.66. The molecule has 1 aliphatic rings. The van der Waals surface area contributed by atoms with E-state index in [2.05, 4.69) is 62.8 Å². The van der Waals surface area contributed by atoms with E-state index in [1.807, 2.05) is 24.4 Å². The SMILES string of the molecule is C[C@@H]1CN(c2cccc(-c3cn(Cc4ccc(-c5nnc(C(F)F)o5)cc4)nn3)c2)C[C@H](C)N1. The Morgan fingerprint density at radius 3 is 2.47 bits per heavy atom. The van der Waals surface area contributed by atoms with Crippen LogP contribution in [0.25, 0.3) is 22.7 Å². The molecule has 8 nitrogen and oxygen atoms in total. The van der Waals surface area contributed by atoms with E-state index in [0.29, 0.717) is 24.2 Å². The third-order valence-electron chi connectivity index (χ3n) is 5.78. The van der Waals surface area contributed by atoms with Crippen LogP contribution >= 0.6 is 0 Å². The second-order valence-corrected chi connectivity index (χ2v) is 8.67. The predicted octanol–water partition coefficient (Wildman–Crippen LogP) is 4.17. The maximum atomic E-state index is 12.7. The molecule has 0 aliphatic carbocycles. The molecule has 1 fully saturated rings. The molecular weight excluding hydrogens is 440 g/mol. The Morgan fingerprint density at radius 2 is 1.76 bits per heavy atom. The van der Waals surface area contributed by atoms with Crippen LogP contribution in [0.4, 0.5) is 14.5 Å². The second-order valence-electron chi connectivity index (χ2n) is 8.67. The fourth-order valence-electron chi connectivity index (χ4n) is 4.29. The van der Waals surface area contributed by atoms with Crippen LogP contribution in [0.3, 0.4) is 0 Å². The first-order chi connectivity index (χ1) is 16.4. The van der Waals surface area contributed by atoms with Crippen molar-refractivity contribution in [2.75, 3.05) is 18.0 Å². The molecule has 4 aromatic rings. The van der Waals surface area contributed by atoms with E-state index in [1.54, 1.807) is 16.8 Å². The Morgan fingerprint density at radius 1 is 1.00 bits per heavy atom. The van der Waals surface area contributed by atoms with Crippen LogP contribution in [0.2, 0.25) is 0 Å². The van der Waals surface area contributed by atoms with Gasteiger partial charge < -0.3 is 14.6 Å². The van der Waals surface area contributed by atoms with Gasteiger partial charge in [0.1, 0.15) is 5.69 Å². The average Bonchev–Trinajstić information content (AvgIpc) is 3.49. The second kappa shape index (κ2) is 9.30. The smallest absolute Gasteiger partial charge is 0.314 e. The first kappa shape index (κ1) is 22.1. The zero-order valence-corrected chi connectivity index (χ0v) is 18.9. The third kappa shape index (κ3) is 4.81. The van der Waals surface area contributed by atoms with Gasteiger partial charge in [-0.05, 0) is 43.7 Å². The van der Waals surface area contributed by atoms with Crippen molar-refractivity contribution in [3.05, 3.63) is 66.2 Å². The number of halogens is 2. The minimum absolute atomic E-state index is 0.0676. The molecule has 10 heteroatoms. The molecule has 5 rings (SSSR count). The number of alkyl halides is 2. The summed E-state index contributed by atoms with van der Waals surface area (Å²) in [5.74, 6) is -0.614. The van der Waals surface area contributed by atoms with Gasteiger partial charge in [0.15, 0.2) is 0 Å². The van der Waals surface area contributed by atoms with E-state index < -0.39 is 12.3 Å². The number of benzene rings is 2. The van der Waals surface area contributed by atoms with Crippen molar-refractivity contribution in [3.8, 4) is 22.7 Å². The summed E-state index contributed by atoms with van der Waals surface area (Å²) in [6, 6.07) is 16.5. The Kier molecular flexibility index (Phi) is 6.06. The summed E-state index contributed by atoms with van der Waals surface area (Å²) in [5.41, 5.74) is 4.56. The van der Waals surface area contributed by atoms with Crippen LogP contribution in [0.15, 0.2) is 59.1 Å². The number of nitrogens with one attached hydrogen (secondary N) is 1. The molecule has 0 bridgehead atoms. The lowest BCUT2D eigenvalue weighted by molar-refractivity contribution is 0.116. The highest BCUT2D eigenvalue weighted by atomic mass is 19.3. The lowest BCUT2D eigenvalue weighted by atomic mass is 10.1. The topological polar surface area (TPSA) is 84.9 Å². The van der Waals surface area contributed by atoms with E-state index in [0.717, 1.165) is 29.9 Å². The third-order valence-corrected chi connectivity index (χ3v) is 5.78. The molecule has 0 spiro atoms. The molecule has 3 heterocycles. The minimum atomic E-state index is -2.79. The first-order valence-electron chi connectivity index (χ1n) is 11.2. The normalized spacial score (nSPS) is 18.6. The molecule has 0 saturated carbocycles. The Bertz CT molecular complexity index is 1240. The van der Waals surface area contributed by atoms with Crippen molar-refractivity contribution in [2.24, 2.45) is 0 Å². The number of hydrogen-bond acceptors (Lipinski definition) is 7. The Balaban J connectivity index is 1.28. The highest BCUT2D eigenvalue weighted by molar-refractivity contribution is 5.65. The van der Waals surface area contributed by atoms with Gasteiger partial charge in [-0.25, -0.2) is 4.68 Å². The van der Waals surface area contributed by atoms with Crippen molar-refractivity contribution in [1.29, 1.82) is 0 Å². The average molecular weight is 466 g/mol. The van der Waals surface area contributed by atoms with E-state index in [1.165, 1.54) is 5.69 Å². The number of aromatic nitrogens is 5. The summed E-state index contributed by atoms with van der Waals surface area (Å²) < 4.78 is 32.1. The summed E-state index contributed by atoms with van der Waals surface area (Å²) in [6.45, 7) is 6.85. The summed E-state index contributed by atoms with van der Waals surface area (Å²) >= 11 is 0. The van der Waals surface area contributed by atoms with Gasteiger partial charge in [0, 0.05) is 42.0 Å². The highest BCUT2D eigenvalue weighted by Gasteiger charge is 2.21. The molecule has 34 heavy (non-hydrogen) atoms. The van der Waals surface area contributed by atoms with Gasteiger partial charge in [-0.3, -0.25) is 0 Å². The van der Waals surface area contributed by atoms with E-state index in [9.17, 15) is 8.78 Å². The molecule has 2 aromatic carbocycles. The molecule has 0 unspecified atom stereocenters. The first-order valence-corrected chi connectivity index (χ1v) is 11.2. The lowest BCUT2D eigenvalue weighted by Gasteiger charge is -2.37. The van der Waals surface area contributed by atoms with Crippen molar-refractivity contribution in [2.45, 2.75) is 38.9 Å². The molecule has 0 amide bonds. The molecular formula is C24H25F2N7O. The van der Waals surface area contributed by atoms with Crippen LogP contribution in [0.1, 0.15) is 31.7 Å². The molecule has 1 saturated heterocycles. The maximum Gasteiger partial charge on any atom is 0.314 e. The van der Waals surface area contributed by atoms with Gasteiger partial charge in [-0.1, -0.05) is 29.5 Å². The van der Waals surface area contributed by atoms with E-state index >= 15 is 0 Å². The van der Waals surface area contributed by atoms with Gasteiger partial charge in [-0.15, -0.1) is 15.3 Å². The highest BCUT2D eigenvalue weighted by Crippen LogP contribution is 2.26. The van der Waals surface area contributed by atoms with Crippen molar-refractivity contribution >= 4 is 5.69 Å². The largest absolute Gasteiger partial charge is 0.415 e. The fraction of sp³-hybridized carbons (Fsp3) is 0.333. The van der Waals surface area contributed by atoms with Crippen LogP contribution < -0.4 is 10.2 Å². The molecule has 1 aliphatic heterocycles. The van der Waals surface area contributed by atoms with Gasteiger partial charge in [-0.2, -0.15) is 8.78 Å². The predicted molar refractivity (Wildman–Crippen MR) is 124 cm³/mol. The van der Waals surface area contributed by atoms with Crippen LogP contribution in [0.5, 0.6) is 0 Å². The number of nitrogens with zero attached hydrogens (tertiary/aromatic N) is 6. The molecule has 1 N–H and O–H groups in total. The molecule has 0 radical (unpaired) electrons. The monoisotopic (exact) mass is 465 g/mol. The number of anilines is 1. The Labute approximate surface area is 195 Å². The van der Waals surface area contributed by atoms with Crippen molar-refractivity contribution in [1.82, 2.24) is 30.5 Å². The zero-order valence-electron chi connectivity index (χ0n) is 18.9. The molecule has 2 aromatic heterocycles. The van der Waals surface area contributed by atoms with Gasteiger partial charge >= 0.3 is 6.43 Å². The van der Waals surface area contributed by atoms with E-state index in [4.69, 9.17) is 4.42 Å². The minimum Gasteiger partial charge on any atom is -0.415 e. The fourth-order valence-corrected chi connectivity index (χ4v) is 4.29. The number of piperazine rings is 1. The standard InChI is InChI=1S/C24H25F2N7O/c1-15-11-32(12-16(2)27-15)20-5-3-4-19(10-20)21-14-33(31-28-21)13-17-6-8-18(9-7-17)23-29-30-24(34-23)22(25)26/h3-10,14-16,22,27H,11-13H2,1-2H3/t15-,16+.